The maximum Gasteiger partial charge on any atom is 0.185 e. The van der Waals surface area contributed by atoms with E-state index < -0.39 is 9.84 Å². The number of fused-ring (bicyclic) bond motifs is 2. The van der Waals surface area contributed by atoms with E-state index in [9.17, 15) is 8.42 Å². The number of para-hydroxylation sites is 1. The van der Waals surface area contributed by atoms with Crippen LogP contribution in [0.2, 0.25) is 0 Å². The van der Waals surface area contributed by atoms with Crippen LogP contribution < -0.4 is 10.1 Å². The number of piperidine rings is 1. The molecule has 4 nitrogen and oxygen atoms in total. The number of benzene rings is 1. The van der Waals surface area contributed by atoms with Gasteiger partial charge in [0.15, 0.2) is 9.84 Å². The second-order valence-corrected chi connectivity index (χ2v) is 7.62. The van der Waals surface area contributed by atoms with Gasteiger partial charge in [-0.25, -0.2) is 8.42 Å². The molecule has 1 unspecified atom stereocenters. The second-order valence-electron chi connectivity index (χ2n) is 5.43. The van der Waals surface area contributed by atoms with Crippen molar-refractivity contribution in [3.63, 3.8) is 0 Å². The third kappa shape index (κ3) is 2.67. The number of ether oxygens (including phenoxy) is 1. The van der Waals surface area contributed by atoms with Crippen molar-refractivity contribution in [3.8, 4) is 5.75 Å². The van der Waals surface area contributed by atoms with Gasteiger partial charge in [0.05, 0.1) is 12.4 Å². The van der Waals surface area contributed by atoms with Crippen LogP contribution in [0.15, 0.2) is 29.2 Å². The summed E-state index contributed by atoms with van der Waals surface area (Å²) in [4.78, 5) is 0.337. The lowest BCUT2D eigenvalue weighted by molar-refractivity contribution is 0.391. The Labute approximate surface area is 126 Å². The fraction of sp³-hybridized carbons (Fsp3) is 0.571. The van der Waals surface area contributed by atoms with Gasteiger partial charge in [-0.15, -0.1) is 12.4 Å². The summed E-state index contributed by atoms with van der Waals surface area (Å²) in [5.41, 5.74) is 0. The molecular formula is C14H20ClNO3S. The van der Waals surface area contributed by atoms with E-state index in [1.165, 1.54) is 7.11 Å². The third-order valence-electron chi connectivity index (χ3n) is 4.24. The molecule has 1 N–H and O–H groups in total. The maximum atomic E-state index is 12.8. The molecule has 3 atom stereocenters. The van der Waals surface area contributed by atoms with E-state index in [-0.39, 0.29) is 17.7 Å². The Hall–Kier alpha value is -0.780. The number of rotatable bonds is 3. The minimum Gasteiger partial charge on any atom is -0.495 e. The van der Waals surface area contributed by atoms with E-state index in [1.54, 1.807) is 24.3 Å². The smallest absolute Gasteiger partial charge is 0.185 e. The van der Waals surface area contributed by atoms with Gasteiger partial charge in [-0.2, -0.15) is 0 Å². The number of hydrogen-bond acceptors (Lipinski definition) is 4. The molecular weight excluding hydrogens is 298 g/mol. The molecule has 6 heteroatoms. The predicted molar refractivity (Wildman–Crippen MR) is 80.4 cm³/mol. The molecule has 0 aliphatic carbocycles. The Bertz CT molecular complexity index is 564. The lowest BCUT2D eigenvalue weighted by atomic mass is 10.1. The molecule has 1 aromatic rings. The highest BCUT2D eigenvalue weighted by molar-refractivity contribution is 7.92. The molecule has 0 aromatic heterocycles. The quantitative estimate of drug-likeness (QED) is 0.928. The highest BCUT2D eigenvalue weighted by atomic mass is 35.5. The van der Waals surface area contributed by atoms with Crippen molar-refractivity contribution in [2.45, 2.75) is 47.9 Å². The van der Waals surface area contributed by atoms with Crippen LogP contribution in [0.5, 0.6) is 5.75 Å². The first-order valence-corrected chi connectivity index (χ1v) is 8.29. The molecule has 0 spiro atoms. The van der Waals surface area contributed by atoms with Crippen LogP contribution in [0.3, 0.4) is 0 Å². The Kier molecular flexibility index (Phi) is 4.62. The molecule has 0 amide bonds. The molecule has 2 bridgehead atoms. The number of nitrogens with one attached hydrogen (secondary N) is 1. The van der Waals surface area contributed by atoms with Crippen molar-refractivity contribution < 1.29 is 13.2 Å². The van der Waals surface area contributed by atoms with Crippen molar-refractivity contribution in [1.29, 1.82) is 0 Å². The molecule has 2 aliphatic heterocycles. The number of methoxy groups -OCH3 is 1. The summed E-state index contributed by atoms with van der Waals surface area (Å²) in [6.45, 7) is 0. The van der Waals surface area contributed by atoms with Crippen LogP contribution in [0, 0.1) is 0 Å². The molecule has 2 aliphatic rings. The number of halogens is 1. The average Bonchev–Trinajstić information content (AvgIpc) is 2.77. The van der Waals surface area contributed by atoms with Crippen molar-refractivity contribution in [1.82, 2.24) is 5.32 Å². The van der Waals surface area contributed by atoms with Gasteiger partial charge in [0, 0.05) is 12.1 Å². The Morgan fingerprint density at radius 3 is 2.35 bits per heavy atom. The van der Waals surface area contributed by atoms with E-state index in [4.69, 9.17) is 4.74 Å². The zero-order valence-electron chi connectivity index (χ0n) is 11.4. The monoisotopic (exact) mass is 317 g/mol. The summed E-state index contributed by atoms with van der Waals surface area (Å²) in [6, 6.07) is 7.65. The summed E-state index contributed by atoms with van der Waals surface area (Å²) in [7, 11) is -1.78. The lowest BCUT2D eigenvalue weighted by Gasteiger charge is -2.29. The summed E-state index contributed by atoms with van der Waals surface area (Å²) in [6.07, 6.45) is 3.64. The largest absolute Gasteiger partial charge is 0.495 e. The molecule has 112 valence electrons. The molecule has 0 radical (unpaired) electrons. The van der Waals surface area contributed by atoms with Crippen LogP contribution in [0.25, 0.3) is 0 Å². The minimum absolute atomic E-state index is 0. The highest BCUT2D eigenvalue weighted by Gasteiger charge is 2.40. The Morgan fingerprint density at radius 1 is 1.15 bits per heavy atom. The van der Waals surface area contributed by atoms with E-state index in [1.807, 2.05) is 0 Å². The zero-order valence-corrected chi connectivity index (χ0v) is 13.0. The third-order valence-corrected chi connectivity index (χ3v) is 6.46. The van der Waals surface area contributed by atoms with Crippen molar-refractivity contribution in [2.24, 2.45) is 0 Å². The van der Waals surface area contributed by atoms with E-state index in [0.717, 1.165) is 25.7 Å². The molecule has 3 rings (SSSR count). The van der Waals surface area contributed by atoms with Crippen LogP contribution in [-0.4, -0.2) is 32.9 Å². The maximum absolute atomic E-state index is 12.8. The van der Waals surface area contributed by atoms with Gasteiger partial charge in [-0.3, -0.25) is 0 Å². The Balaban J connectivity index is 0.00000147. The minimum atomic E-state index is -3.30. The summed E-state index contributed by atoms with van der Waals surface area (Å²) >= 11 is 0. The molecule has 2 saturated heterocycles. The van der Waals surface area contributed by atoms with Crippen molar-refractivity contribution in [3.05, 3.63) is 24.3 Å². The molecule has 2 fully saturated rings. The molecule has 2 heterocycles. The SMILES string of the molecule is COc1ccccc1S(=O)(=O)C1C[C@H]2CC[C@@H](C1)N2.Cl. The van der Waals surface area contributed by atoms with E-state index >= 15 is 0 Å². The topological polar surface area (TPSA) is 55.4 Å². The fourth-order valence-electron chi connectivity index (χ4n) is 3.29. The van der Waals surface area contributed by atoms with Gasteiger partial charge in [-0.1, -0.05) is 12.1 Å². The number of hydrogen-bond donors (Lipinski definition) is 1. The predicted octanol–water partition coefficient (Wildman–Crippen LogP) is 2.17. The molecule has 0 saturated carbocycles. The second kappa shape index (κ2) is 5.92. The highest BCUT2D eigenvalue weighted by Crippen LogP contribution is 2.35. The molecule has 1 aromatic carbocycles. The standard InChI is InChI=1S/C14H19NO3S.ClH/c1-18-13-4-2-3-5-14(13)19(16,17)12-8-10-6-7-11(9-12)15-10;/h2-5,10-12,15H,6-9H2,1H3;1H/t10-,11+,12?;. The van der Waals surface area contributed by atoms with Crippen molar-refractivity contribution in [2.75, 3.05) is 7.11 Å². The zero-order chi connectivity index (χ0) is 13.5. The summed E-state index contributed by atoms with van der Waals surface area (Å²) < 4.78 is 30.8. The van der Waals surface area contributed by atoms with Crippen LogP contribution >= 0.6 is 12.4 Å². The average molecular weight is 318 g/mol. The fourth-order valence-corrected chi connectivity index (χ4v) is 5.32. The van der Waals surface area contributed by atoms with Crippen LogP contribution in [0.4, 0.5) is 0 Å². The lowest BCUT2D eigenvalue weighted by Crippen LogP contribution is -2.43. The van der Waals surface area contributed by atoms with E-state index in [2.05, 4.69) is 5.32 Å². The van der Waals surface area contributed by atoms with Crippen molar-refractivity contribution >= 4 is 22.2 Å². The van der Waals surface area contributed by atoms with Gasteiger partial charge in [0.2, 0.25) is 0 Å². The van der Waals surface area contributed by atoms with E-state index in [0.29, 0.717) is 22.7 Å². The van der Waals surface area contributed by atoms with Gasteiger partial charge in [0.1, 0.15) is 10.6 Å². The van der Waals surface area contributed by atoms with Crippen LogP contribution in [0.1, 0.15) is 25.7 Å². The summed E-state index contributed by atoms with van der Waals surface area (Å²) in [5, 5.41) is 3.20. The first-order valence-electron chi connectivity index (χ1n) is 6.74. The van der Waals surface area contributed by atoms with Gasteiger partial charge in [-0.05, 0) is 37.8 Å². The van der Waals surface area contributed by atoms with Gasteiger partial charge < -0.3 is 10.1 Å². The molecule has 20 heavy (non-hydrogen) atoms. The first-order chi connectivity index (χ1) is 9.11. The first kappa shape index (κ1) is 15.6. The van der Waals surface area contributed by atoms with Crippen LogP contribution in [-0.2, 0) is 9.84 Å². The van der Waals surface area contributed by atoms with Gasteiger partial charge in [0.25, 0.3) is 0 Å². The normalized spacial score (nSPS) is 28.8. The number of sulfone groups is 1. The van der Waals surface area contributed by atoms with Gasteiger partial charge >= 0.3 is 0 Å². The summed E-state index contributed by atoms with van der Waals surface area (Å²) in [5.74, 6) is 0.452. The Morgan fingerprint density at radius 2 is 1.75 bits per heavy atom.